The van der Waals surface area contributed by atoms with E-state index in [1.165, 1.54) is 13.0 Å². The van der Waals surface area contributed by atoms with Gasteiger partial charge in [0.15, 0.2) is 0 Å². The number of hydrogen-bond donors (Lipinski definition) is 2. The number of halogens is 3. The minimum atomic E-state index is -4.73. The molecule has 0 heterocycles. The molecule has 0 aliphatic rings. The summed E-state index contributed by atoms with van der Waals surface area (Å²) in [5, 5.41) is 9.67. The lowest BCUT2D eigenvalue weighted by molar-refractivity contribution is -0.274. The van der Waals surface area contributed by atoms with Gasteiger partial charge in [-0.25, -0.2) is 0 Å². The molecule has 0 unspecified atom stereocenters. The number of nitrogens with two attached hydrogens (primary N) is 1. The van der Waals surface area contributed by atoms with Gasteiger partial charge in [-0.3, -0.25) is 0 Å². The molecule has 17 heavy (non-hydrogen) atoms. The van der Waals surface area contributed by atoms with Gasteiger partial charge >= 0.3 is 6.36 Å². The van der Waals surface area contributed by atoms with Crippen molar-refractivity contribution >= 4 is 0 Å². The zero-order valence-corrected chi connectivity index (χ0v) is 9.34. The van der Waals surface area contributed by atoms with Crippen molar-refractivity contribution in [3.63, 3.8) is 0 Å². The molecule has 0 aromatic heterocycles. The summed E-state index contributed by atoms with van der Waals surface area (Å²) in [6.07, 6.45) is -3.73. The zero-order chi connectivity index (χ0) is 13.1. The summed E-state index contributed by atoms with van der Waals surface area (Å²) < 4.78 is 40.0. The van der Waals surface area contributed by atoms with Gasteiger partial charge in [0, 0.05) is 0 Å². The van der Waals surface area contributed by atoms with Crippen molar-refractivity contribution in [3.8, 4) is 11.5 Å². The molecule has 96 valence electrons. The molecule has 0 fully saturated rings. The summed E-state index contributed by atoms with van der Waals surface area (Å²) in [6.45, 7) is 1.92. The first kappa shape index (κ1) is 13.6. The molecule has 1 aromatic rings. The van der Waals surface area contributed by atoms with E-state index >= 15 is 0 Å². The smallest absolute Gasteiger partial charge is 0.507 e. The van der Waals surface area contributed by atoms with Crippen molar-refractivity contribution in [1.82, 2.24) is 0 Å². The van der Waals surface area contributed by atoms with E-state index in [1.54, 1.807) is 0 Å². The largest absolute Gasteiger partial charge is 0.573 e. The molecule has 0 aliphatic carbocycles. The average Bonchev–Trinajstić information content (AvgIpc) is 2.18. The van der Waals surface area contributed by atoms with Crippen molar-refractivity contribution in [1.29, 1.82) is 0 Å². The highest BCUT2D eigenvalue weighted by molar-refractivity contribution is 5.45. The number of aromatic hydroxyl groups is 1. The fraction of sp³-hybridized carbons (Fsp3) is 0.455. The molecule has 0 saturated heterocycles. The van der Waals surface area contributed by atoms with E-state index in [1.807, 2.05) is 0 Å². The Hall–Kier alpha value is -1.43. The maximum absolute atomic E-state index is 12.1. The van der Waals surface area contributed by atoms with Gasteiger partial charge in [0.25, 0.3) is 0 Å². The van der Waals surface area contributed by atoms with Crippen LogP contribution < -0.4 is 10.5 Å². The molecule has 3 N–H and O–H groups in total. The van der Waals surface area contributed by atoms with Crippen LogP contribution in [-0.2, 0) is 6.42 Å². The molecule has 0 radical (unpaired) electrons. The number of phenolic OH excluding ortho intramolecular Hbond substituents is 1. The van der Waals surface area contributed by atoms with Crippen LogP contribution in [0.3, 0.4) is 0 Å². The Balaban J connectivity index is 2.97. The molecule has 0 amide bonds. The molecule has 0 aliphatic heterocycles. The predicted molar refractivity (Wildman–Crippen MR) is 56.9 cm³/mol. The summed E-state index contributed by atoms with van der Waals surface area (Å²) >= 11 is 0. The van der Waals surface area contributed by atoms with Crippen molar-refractivity contribution in [3.05, 3.63) is 23.3 Å². The highest BCUT2D eigenvalue weighted by Crippen LogP contribution is 2.31. The number of hydrogen-bond acceptors (Lipinski definition) is 3. The molecule has 1 aromatic carbocycles. The predicted octanol–water partition coefficient (Wildman–Crippen LogP) is 2.49. The van der Waals surface area contributed by atoms with Gasteiger partial charge < -0.3 is 15.6 Å². The minimum absolute atomic E-state index is 0.00651. The van der Waals surface area contributed by atoms with Crippen LogP contribution in [0.4, 0.5) is 13.2 Å². The highest BCUT2D eigenvalue weighted by Gasteiger charge is 2.31. The van der Waals surface area contributed by atoms with Gasteiger partial charge in [-0.05, 0) is 49.6 Å². The minimum Gasteiger partial charge on any atom is -0.507 e. The van der Waals surface area contributed by atoms with E-state index in [2.05, 4.69) is 4.74 Å². The molecule has 0 bridgehead atoms. The quantitative estimate of drug-likeness (QED) is 0.862. The second-order valence-corrected chi connectivity index (χ2v) is 3.69. The van der Waals surface area contributed by atoms with Gasteiger partial charge in [0.05, 0.1) is 0 Å². The Kier molecular flexibility index (Phi) is 4.22. The van der Waals surface area contributed by atoms with E-state index in [0.29, 0.717) is 30.5 Å². The Bertz CT molecular complexity index is 391. The van der Waals surface area contributed by atoms with Crippen LogP contribution in [0.25, 0.3) is 0 Å². The number of phenols is 1. The van der Waals surface area contributed by atoms with Crippen LogP contribution in [0, 0.1) is 6.92 Å². The van der Waals surface area contributed by atoms with Crippen molar-refractivity contribution < 1.29 is 23.0 Å². The lowest BCUT2D eigenvalue weighted by atomic mass is 10.0. The molecule has 0 saturated carbocycles. The molecular weight excluding hydrogens is 235 g/mol. The van der Waals surface area contributed by atoms with Gasteiger partial charge in [0.1, 0.15) is 11.5 Å². The van der Waals surface area contributed by atoms with Gasteiger partial charge in [-0.15, -0.1) is 13.2 Å². The normalized spacial score (nSPS) is 11.6. The average molecular weight is 249 g/mol. The monoisotopic (exact) mass is 249 g/mol. The number of rotatable bonds is 4. The maximum Gasteiger partial charge on any atom is 0.573 e. The fourth-order valence-corrected chi connectivity index (χ4v) is 1.49. The summed E-state index contributed by atoms with van der Waals surface area (Å²) in [5.41, 5.74) is 6.07. The SMILES string of the molecule is Cc1cc(OC(F)(F)F)cc(CCCN)c1O. The van der Waals surface area contributed by atoms with Gasteiger partial charge in [0.2, 0.25) is 0 Å². The van der Waals surface area contributed by atoms with Crippen molar-refractivity contribution in [2.24, 2.45) is 5.73 Å². The summed E-state index contributed by atoms with van der Waals surface area (Å²) in [6, 6.07) is 2.33. The van der Waals surface area contributed by atoms with Crippen LogP contribution in [0.2, 0.25) is 0 Å². The summed E-state index contributed by atoms with van der Waals surface area (Å²) in [5.74, 6) is -0.326. The topological polar surface area (TPSA) is 55.5 Å². The van der Waals surface area contributed by atoms with Gasteiger partial charge in [-0.1, -0.05) is 0 Å². The summed E-state index contributed by atoms with van der Waals surface area (Å²) in [4.78, 5) is 0. The van der Waals surface area contributed by atoms with Crippen LogP contribution in [0.1, 0.15) is 17.5 Å². The summed E-state index contributed by atoms with van der Waals surface area (Å²) in [7, 11) is 0. The third kappa shape index (κ3) is 4.14. The van der Waals surface area contributed by atoms with Crippen LogP contribution in [0.15, 0.2) is 12.1 Å². The highest BCUT2D eigenvalue weighted by atomic mass is 19.4. The lowest BCUT2D eigenvalue weighted by Gasteiger charge is -2.13. The second-order valence-electron chi connectivity index (χ2n) is 3.69. The molecule has 3 nitrogen and oxygen atoms in total. The third-order valence-electron chi connectivity index (χ3n) is 2.24. The number of benzene rings is 1. The van der Waals surface area contributed by atoms with Crippen LogP contribution >= 0.6 is 0 Å². The molecule has 1 rings (SSSR count). The van der Waals surface area contributed by atoms with Crippen LogP contribution in [0.5, 0.6) is 11.5 Å². The van der Waals surface area contributed by atoms with E-state index in [9.17, 15) is 18.3 Å². The first-order chi connectivity index (χ1) is 7.83. The molecule has 0 atom stereocenters. The van der Waals surface area contributed by atoms with Crippen molar-refractivity contribution in [2.75, 3.05) is 6.54 Å². The van der Waals surface area contributed by atoms with Crippen LogP contribution in [-0.4, -0.2) is 18.0 Å². The van der Waals surface area contributed by atoms with Gasteiger partial charge in [-0.2, -0.15) is 0 Å². The van der Waals surface area contributed by atoms with E-state index in [4.69, 9.17) is 5.73 Å². The number of aryl methyl sites for hydroxylation is 2. The lowest BCUT2D eigenvalue weighted by Crippen LogP contribution is -2.17. The molecular formula is C11H14F3NO2. The van der Waals surface area contributed by atoms with E-state index in [-0.39, 0.29) is 11.5 Å². The maximum atomic E-state index is 12.1. The number of ether oxygens (including phenoxy) is 1. The zero-order valence-electron chi connectivity index (χ0n) is 9.34. The molecule has 0 spiro atoms. The van der Waals surface area contributed by atoms with Crippen molar-refractivity contribution in [2.45, 2.75) is 26.1 Å². The number of alkyl halides is 3. The fourth-order valence-electron chi connectivity index (χ4n) is 1.49. The molecule has 6 heteroatoms. The second kappa shape index (κ2) is 5.27. The van der Waals surface area contributed by atoms with E-state index in [0.717, 1.165) is 6.07 Å². The third-order valence-corrected chi connectivity index (χ3v) is 2.24. The first-order valence-corrected chi connectivity index (χ1v) is 5.12. The Morgan fingerprint density at radius 1 is 1.35 bits per heavy atom. The Morgan fingerprint density at radius 2 is 2.00 bits per heavy atom. The van der Waals surface area contributed by atoms with E-state index < -0.39 is 6.36 Å². The first-order valence-electron chi connectivity index (χ1n) is 5.12. The standard InChI is InChI=1S/C11H14F3NO2/c1-7-5-9(17-11(12,13)14)6-8(10(7)16)3-2-4-15/h5-6,16H,2-4,15H2,1H3. The Labute approximate surface area is 97.0 Å². The Morgan fingerprint density at radius 3 is 2.53 bits per heavy atom.